The molecule has 31 heavy (non-hydrogen) atoms. The van der Waals surface area contributed by atoms with E-state index >= 15 is 0 Å². The average molecular weight is 433 g/mol. The van der Waals surface area contributed by atoms with Crippen molar-refractivity contribution < 1.29 is 33.4 Å². The zero-order valence-corrected chi connectivity index (χ0v) is 17.7. The van der Waals surface area contributed by atoms with E-state index in [4.69, 9.17) is 19.0 Å². The third-order valence-electron chi connectivity index (χ3n) is 4.62. The highest BCUT2D eigenvalue weighted by Crippen LogP contribution is 2.22. The molecule has 168 valence electrons. The fourth-order valence-corrected chi connectivity index (χ4v) is 2.97. The van der Waals surface area contributed by atoms with Gasteiger partial charge in [-0.1, -0.05) is 0 Å². The van der Waals surface area contributed by atoms with E-state index in [2.05, 4.69) is 4.90 Å². The summed E-state index contributed by atoms with van der Waals surface area (Å²) in [4.78, 5) is 48.4. The van der Waals surface area contributed by atoms with Crippen LogP contribution in [0.3, 0.4) is 0 Å². The number of carboxylic acids is 1. The number of carbonyl (C=O) groups excluding carboxylic acids is 2. The molecule has 0 spiro atoms. The fourth-order valence-electron chi connectivity index (χ4n) is 2.97. The molecule has 0 bridgehead atoms. The molecule has 0 saturated heterocycles. The number of ether oxygens (including phenoxy) is 2. The summed E-state index contributed by atoms with van der Waals surface area (Å²) < 4.78 is 15.3. The monoisotopic (exact) mass is 433 g/mol. The number of anilines is 1. The second-order valence-corrected chi connectivity index (χ2v) is 6.80. The summed E-state index contributed by atoms with van der Waals surface area (Å²) in [5, 5.41) is 9.13. The third-order valence-corrected chi connectivity index (χ3v) is 4.62. The Morgan fingerprint density at radius 2 is 1.71 bits per heavy atom. The molecule has 1 heterocycles. The van der Waals surface area contributed by atoms with Crippen LogP contribution >= 0.6 is 0 Å². The first kappa shape index (κ1) is 23.9. The molecule has 0 aliphatic carbocycles. The van der Waals surface area contributed by atoms with Gasteiger partial charge in [0.25, 0.3) is 0 Å². The molecule has 1 N–H and O–H groups in total. The molecular formula is C22H27NO8. The lowest BCUT2D eigenvalue weighted by molar-refractivity contribution is -0.144. The highest BCUT2D eigenvalue weighted by molar-refractivity contribution is 5.93. The summed E-state index contributed by atoms with van der Waals surface area (Å²) in [7, 11) is 0. The maximum atomic E-state index is 12.2. The number of benzene rings is 1. The van der Waals surface area contributed by atoms with E-state index in [1.807, 2.05) is 19.9 Å². The van der Waals surface area contributed by atoms with Crippen LogP contribution in [0.5, 0.6) is 0 Å². The van der Waals surface area contributed by atoms with Crippen molar-refractivity contribution in [1.82, 2.24) is 0 Å². The Morgan fingerprint density at radius 3 is 2.39 bits per heavy atom. The van der Waals surface area contributed by atoms with E-state index in [-0.39, 0.29) is 44.5 Å². The molecule has 0 fully saturated rings. The number of aliphatic carboxylic acids is 1. The zero-order valence-electron chi connectivity index (χ0n) is 17.7. The Labute approximate surface area is 179 Å². The van der Waals surface area contributed by atoms with Gasteiger partial charge in [0.15, 0.2) is 0 Å². The van der Waals surface area contributed by atoms with Gasteiger partial charge in [-0.05, 0) is 38.5 Å². The lowest BCUT2D eigenvalue weighted by Gasteiger charge is -2.20. The summed E-state index contributed by atoms with van der Waals surface area (Å²) in [5.41, 5.74) is 0.335. The normalized spacial score (nSPS) is 10.6. The van der Waals surface area contributed by atoms with Crippen LogP contribution in [-0.2, 0) is 19.1 Å². The van der Waals surface area contributed by atoms with Crippen LogP contribution in [0.2, 0.25) is 0 Å². The largest absolute Gasteiger partial charge is 0.481 e. The highest BCUT2D eigenvalue weighted by Gasteiger charge is 2.16. The Kier molecular flexibility index (Phi) is 9.05. The molecule has 9 nitrogen and oxygen atoms in total. The maximum Gasteiger partial charge on any atom is 0.351 e. The second kappa shape index (κ2) is 11.7. The van der Waals surface area contributed by atoms with Gasteiger partial charge in [0, 0.05) is 49.5 Å². The molecule has 0 atom stereocenters. The molecule has 9 heteroatoms. The lowest BCUT2D eigenvalue weighted by Crippen LogP contribution is -2.21. The van der Waals surface area contributed by atoms with Gasteiger partial charge in [0.2, 0.25) is 0 Å². The van der Waals surface area contributed by atoms with Crippen LogP contribution in [0.1, 0.15) is 49.9 Å². The van der Waals surface area contributed by atoms with Gasteiger partial charge in [-0.2, -0.15) is 0 Å². The molecule has 2 aromatic rings. The molecule has 0 radical (unpaired) electrons. The Morgan fingerprint density at radius 1 is 1.00 bits per heavy atom. The first-order valence-corrected chi connectivity index (χ1v) is 10.2. The molecule has 0 aliphatic rings. The molecule has 1 aromatic heterocycles. The minimum atomic E-state index is -0.970. The van der Waals surface area contributed by atoms with E-state index in [1.165, 1.54) is 6.07 Å². The maximum absolute atomic E-state index is 12.2. The van der Waals surface area contributed by atoms with Crippen LogP contribution < -0.4 is 10.5 Å². The number of nitrogens with zero attached hydrogens (tertiary/aromatic N) is 1. The van der Waals surface area contributed by atoms with Gasteiger partial charge in [0.05, 0.1) is 13.2 Å². The van der Waals surface area contributed by atoms with Crippen molar-refractivity contribution in [2.24, 2.45) is 0 Å². The van der Waals surface area contributed by atoms with Crippen LogP contribution in [0, 0.1) is 0 Å². The first-order chi connectivity index (χ1) is 14.8. The summed E-state index contributed by atoms with van der Waals surface area (Å²) in [6.07, 6.45) is 0.373. The molecular weight excluding hydrogens is 406 g/mol. The van der Waals surface area contributed by atoms with Crippen LogP contribution in [0.15, 0.2) is 33.5 Å². The van der Waals surface area contributed by atoms with Crippen molar-refractivity contribution in [3.63, 3.8) is 0 Å². The van der Waals surface area contributed by atoms with Crippen molar-refractivity contribution in [2.75, 3.05) is 31.2 Å². The number of carbonyl (C=O) groups is 3. The van der Waals surface area contributed by atoms with Crippen molar-refractivity contribution in [1.29, 1.82) is 0 Å². The van der Waals surface area contributed by atoms with E-state index in [0.29, 0.717) is 11.0 Å². The summed E-state index contributed by atoms with van der Waals surface area (Å²) in [6, 6.07) is 6.89. The number of carboxylic acid groups (broad SMARTS) is 1. The standard InChI is InChI=1S/C22H27NO8/c1-3-23(4-2)16-10-9-15-13-17(22(28)31-18(15)14-16)21(27)30-12-6-11-29-20(26)8-5-7-19(24)25/h9-10,13-14H,3-8,11-12H2,1-2H3,(H,24,25). The minimum absolute atomic E-state index is 0.0141. The lowest BCUT2D eigenvalue weighted by atomic mass is 10.1. The summed E-state index contributed by atoms with van der Waals surface area (Å²) >= 11 is 0. The Bertz CT molecular complexity index is 977. The average Bonchev–Trinajstić information content (AvgIpc) is 2.73. The fraction of sp³-hybridized carbons (Fsp3) is 0.455. The van der Waals surface area contributed by atoms with Gasteiger partial charge < -0.3 is 23.9 Å². The molecule has 0 unspecified atom stereocenters. The minimum Gasteiger partial charge on any atom is -0.481 e. The quantitative estimate of drug-likeness (QED) is 0.306. The SMILES string of the molecule is CCN(CC)c1ccc2cc(C(=O)OCCCOC(=O)CCCC(=O)O)c(=O)oc2c1. The number of rotatable bonds is 12. The van der Waals surface area contributed by atoms with Gasteiger partial charge in [0.1, 0.15) is 11.1 Å². The van der Waals surface area contributed by atoms with E-state index < -0.39 is 23.5 Å². The second-order valence-electron chi connectivity index (χ2n) is 6.80. The number of esters is 2. The smallest absolute Gasteiger partial charge is 0.351 e. The van der Waals surface area contributed by atoms with E-state index in [1.54, 1.807) is 12.1 Å². The van der Waals surface area contributed by atoms with Crippen LogP contribution in [0.4, 0.5) is 5.69 Å². The third kappa shape index (κ3) is 7.13. The van der Waals surface area contributed by atoms with Gasteiger partial charge in [-0.3, -0.25) is 9.59 Å². The van der Waals surface area contributed by atoms with Crippen molar-refractivity contribution in [3.8, 4) is 0 Å². The molecule has 1 aromatic carbocycles. The summed E-state index contributed by atoms with van der Waals surface area (Å²) in [6.45, 7) is 5.68. The van der Waals surface area contributed by atoms with Crippen molar-refractivity contribution in [3.05, 3.63) is 40.2 Å². The Balaban J connectivity index is 1.87. The topological polar surface area (TPSA) is 123 Å². The zero-order chi connectivity index (χ0) is 22.8. The number of fused-ring (bicyclic) bond motifs is 1. The molecule has 0 saturated carbocycles. The predicted octanol–water partition coefficient (Wildman–Crippen LogP) is 2.98. The first-order valence-electron chi connectivity index (χ1n) is 10.2. The van der Waals surface area contributed by atoms with E-state index in [9.17, 15) is 19.2 Å². The molecule has 0 amide bonds. The van der Waals surface area contributed by atoms with E-state index in [0.717, 1.165) is 18.8 Å². The van der Waals surface area contributed by atoms with Gasteiger partial charge >= 0.3 is 23.5 Å². The van der Waals surface area contributed by atoms with Gasteiger partial charge in [-0.15, -0.1) is 0 Å². The number of hydrogen-bond donors (Lipinski definition) is 1. The van der Waals surface area contributed by atoms with Crippen LogP contribution in [0.25, 0.3) is 11.0 Å². The highest BCUT2D eigenvalue weighted by atomic mass is 16.5. The van der Waals surface area contributed by atoms with Gasteiger partial charge in [-0.25, -0.2) is 9.59 Å². The molecule has 0 aliphatic heterocycles. The Hall–Kier alpha value is -3.36. The van der Waals surface area contributed by atoms with Crippen LogP contribution in [-0.4, -0.2) is 49.3 Å². The number of hydrogen-bond acceptors (Lipinski definition) is 8. The van der Waals surface area contributed by atoms with Crippen molar-refractivity contribution >= 4 is 34.6 Å². The van der Waals surface area contributed by atoms with Crippen molar-refractivity contribution in [2.45, 2.75) is 39.5 Å². The summed E-state index contributed by atoms with van der Waals surface area (Å²) in [5.74, 6) is -2.29. The molecule has 2 rings (SSSR count). The predicted molar refractivity (Wildman–Crippen MR) is 113 cm³/mol.